The Morgan fingerprint density at radius 2 is 1.38 bits per heavy atom. The van der Waals surface area contributed by atoms with Gasteiger partial charge in [0.2, 0.25) is 0 Å². The van der Waals surface area contributed by atoms with E-state index in [1.54, 1.807) is 18.2 Å². The number of rotatable bonds is 6. The van der Waals surface area contributed by atoms with Crippen LogP contribution >= 0.6 is 35.0 Å². The first-order valence-corrected chi connectivity index (χ1v) is 9.99. The van der Waals surface area contributed by atoms with Gasteiger partial charge in [0.1, 0.15) is 0 Å². The van der Waals surface area contributed by atoms with Crippen molar-refractivity contribution in [2.75, 3.05) is 5.32 Å². The van der Waals surface area contributed by atoms with E-state index >= 15 is 0 Å². The summed E-state index contributed by atoms with van der Waals surface area (Å²) in [7, 11) is 0. The molecule has 0 saturated carbocycles. The van der Waals surface area contributed by atoms with Crippen LogP contribution in [0.3, 0.4) is 0 Å². The summed E-state index contributed by atoms with van der Waals surface area (Å²) in [6, 6.07) is 23.0. The molecule has 0 aliphatic rings. The van der Waals surface area contributed by atoms with E-state index in [-0.39, 0.29) is 5.91 Å². The summed E-state index contributed by atoms with van der Waals surface area (Å²) >= 11 is 13.8. The predicted molar refractivity (Wildman–Crippen MR) is 112 cm³/mol. The standard InChI is InChI=1S/C21H17Cl2NOS/c22-18-10-19(23)12-20(11-18)24-21(25)17-8-6-16(7-9-17)14-26-13-15-4-2-1-3-5-15/h1-12H,13-14H2,(H,24,25). The number of carbonyl (C=O) groups is 1. The number of amides is 1. The number of carbonyl (C=O) groups excluding carboxylic acids is 1. The van der Waals surface area contributed by atoms with Crippen LogP contribution in [0.25, 0.3) is 0 Å². The minimum atomic E-state index is -0.188. The summed E-state index contributed by atoms with van der Waals surface area (Å²) in [6.07, 6.45) is 0. The Balaban J connectivity index is 1.55. The van der Waals surface area contributed by atoms with Crippen molar-refractivity contribution in [1.29, 1.82) is 0 Å². The second kappa shape index (κ2) is 9.13. The smallest absolute Gasteiger partial charge is 0.255 e. The molecule has 3 rings (SSSR count). The van der Waals surface area contributed by atoms with Crippen molar-refractivity contribution in [3.8, 4) is 0 Å². The van der Waals surface area contributed by atoms with Crippen molar-refractivity contribution >= 4 is 46.6 Å². The molecule has 3 aromatic rings. The van der Waals surface area contributed by atoms with Crippen LogP contribution in [0.2, 0.25) is 10.0 Å². The number of hydrogen-bond donors (Lipinski definition) is 1. The third-order valence-corrected chi connectivity index (χ3v) is 5.23. The first-order chi connectivity index (χ1) is 12.6. The number of thioether (sulfide) groups is 1. The van der Waals surface area contributed by atoms with Gasteiger partial charge in [0.05, 0.1) is 0 Å². The van der Waals surface area contributed by atoms with Crippen LogP contribution in [0, 0.1) is 0 Å². The summed E-state index contributed by atoms with van der Waals surface area (Å²) in [4.78, 5) is 12.3. The van der Waals surface area contributed by atoms with Gasteiger partial charge in [-0.1, -0.05) is 65.7 Å². The highest BCUT2D eigenvalue weighted by Gasteiger charge is 2.07. The molecule has 0 fully saturated rings. The molecule has 2 nitrogen and oxygen atoms in total. The van der Waals surface area contributed by atoms with Crippen LogP contribution < -0.4 is 5.32 Å². The Hall–Kier alpha value is -1.94. The fourth-order valence-electron chi connectivity index (χ4n) is 2.44. The van der Waals surface area contributed by atoms with Crippen LogP contribution in [0.1, 0.15) is 21.5 Å². The molecule has 0 aromatic heterocycles. The van der Waals surface area contributed by atoms with Crippen molar-refractivity contribution in [3.63, 3.8) is 0 Å². The average Bonchev–Trinajstić information content (AvgIpc) is 2.62. The Morgan fingerprint density at radius 1 is 0.808 bits per heavy atom. The normalized spacial score (nSPS) is 10.5. The zero-order valence-corrected chi connectivity index (χ0v) is 16.2. The largest absolute Gasteiger partial charge is 0.322 e. The van der Waals surface area contributed by atoms with Gasteiger partial charge in [-0.15, -0.1) is 0 Å². The van der Waals surface area contributed by atoms with Crippen molar-refractivity contribution in [2.45, 2.75) is 11.5 Å². The Morgan fingerprint density at radius 3 is 2.00 bits per heavy atom. The van der Waals surface area contributed by atoms with Gasteiger partial charge in [0.15, 0.2) is 0 Å². The second-order valence-corrected chi connectivity index (χ2v) is 7.65. The number of nitrogens with one attached hydrogen (secondary N) is 1. The summed E-state index contributed by atoms with van der Waals surface area (Å²) in [6.45, 7) is 0. The quantitative estimate of drug-likeness (QED) is 0.498. The highest BCUT2D eigenvalue weighted by Crippen LogP contribution is 2.23. The van der Waals surface area contributed by atoms with E-state index in [0.717, 1.165) is 11.5 Å². The topological polar surface area (TPSA) is 29.1 Å². The summed E-state index contributed by atoms with van der Waals surface area (Å²) in [5, 5.41) is 3.78. The second-order valence-electron chi connectivity index (χ2n) is 5.79. The van der Waals surface area contributed by atoms with E-state index in [1.165, 1.54) is 11.1 Å². The van der Waals surface area contributed by atoms with E-state index in [0.29, 0.717) is 21.3 Å². The van der Waals surface area contributed by atoms with Crippen LogP contribution in [-0.4, -0.2) is 5.91 Å². The molecular weight excluding hydrogens is 385 g/mol. The lowest BCUT2D eigenvalue weighted by Crippen LogP contribution is -2.11. The molecule has 0 aliphatic carbocycles. The van der Waals surface area contributed by atoms with Crippen molar-refractivity contribution < 1.29 is 4.79 Å². The molecule has 26 heavy (non-hydrogen) atoms. The van der Waals surface area contributed by atoms with E-state index in [2.05, 4.69) is 29.6 Å². The van der Waals surface area contributed by atoms with Gasteiger partial charge in [0.25, 0.3) is 5.91 Å². The summed E-state index contributed by atoms with van der Waals surface area (Å²) in [5.74, 6) is 1.69. The monoisotopic (exact) mass is 401 g/mol. The number of halogens is 2. The third-order valence-electron chi connectivity index (χ3n) is 3.72. The minimum Gasteiger partial charge on any atom is -0.322 e. The lowest BCUT2D eigenvalue weighted by Gasteiger charge is -2.07. The maximum Gasteiger partial charge on any atom is 0.255 e. The molecular formula is C21H17Cl2NOS. The summed E-state index contributed by atoms with van der Waals surface area (Å²) < 4.78 is 0. The van der Waals surface area contributed by atoms with E-state index < -0.39 is 0 Å². The first kappa shape index (κ1) is 18.8. The third kappa shape index (κ3) is 5.53. The molecule has 0 spiro atoms. The maximum absolute atomic E-state index is 12.3. The van der Waals surface area contributed by atoms with Crippen LogP contribution in [0.5, 0.6) is 0 Å². The highest BCUT2D eigenvalue weighted by atomic mass is 35.5. The van der Waals surface area contributed by atoms with Crippen LogP contribution in [-0.2, 0) is 11.5 Å². The van der Waals surface area contributed by atoms with Gasteiger partial charge in [-0.05, 0) is 41.5 Å². The average molecular weight is 402 g/mol. The molecule has 0 atom stereocenters. The van der Waals surface area contributed by atoms with Crippen molar-refractivity contribution in [1.82, 2.24) is 0 Å². The van der Waals surface area contributed by atoms with Crippen LogP contribution in [0.15, 0.2) is 72.8 Å². The Bertz CT molecular complexity index is 862. The van der Waals surface area contributed by atoms with E-state index in [1.807, 2.05) is 42.1 Å². The molecule has 3 aromatic carbocycles. The summed E-state index contributed by atoms with van der Waals surface area (Å²) in [5.41, 5.74) is 3.68. The van der Waals surface area contributed by atoms with E-state index in [9.17, 15) is 4.79 Å². The van der Waals surface area contributed by atoms with Gasteiger partial charge in [-0.2, -0.15) is 11.8 Å². The Kier molecular flexibility index (Phi) is 6.62. The number of anilines is 1. The molecule has 0 bridgehead atoms. The molecule has 0 saturated heterocycles. The molecule has 0 unspecified atom stereocenters. The van der Waals surface area contributed by atoms with Crippen molar-refractivity contribution in [3.05, 3.63) is 99.5 Å². The maximum atomic E-state index is 12.3. The number of hydrogen-bond acceptors (Lipinski definition) is 2. The van der Waals surface area contributed by atoms with Gasteiger partial charge >= 0.3 is 0 Å². The molecule has 0 aliphatic heterocycles. The molecule has 1 N–H and O–H groups in total. The zero-order chi connectivity index (χ0) is 18.4. The SMILES string of the molecule is O=C(Nc1cc(Cl)cc(Cl)c1)c1ccc(CSCc2ccccc2)cc1. The minimum absolute atomic E-state index is 0.188. The van der Waals surface area contributed by atoms with Gasteiger partial charge < -0.3 is 5.32 Å². The molecule has 5 heteroatoms. The zero-order valence-electron chi connectivity index (χ0n) is 13.9. The first-order valence-electron chi connectivity index (χ1n) is 8.08. The fraction of sp³-hybridized carbons (Fsp3) is 0.0952. The molecule has 0 radical (unpaired) electrons. The lowest BCUT2D eigenvalue weighted by atomic mass is 10.1. The number of benzene rings is 3. The van der Waals surface area contributed by atoms with E-state index in [4.69, 9.17) is 23.2 Å². The fourth-order valence-corrected chi connectivity index (χ4v) is 3.93. The highest BCUT2D eigenvalue weighted by molar-refractivity contribution is 7.97. The molecule has 1 amide bonds. The Labute approximate surface area is 167 Å². The van der Waals surface area contributed by atoms with Crippen molar-refractivity contribution in [2.24, 2.45) is 0 Å². The predicted octanol–water partition coefficient (Wildman–Crippen LogP) is 6.68. The van der Waals surface area contributed by atoms with Crippen LogP contribution in [0.4, 0.5) is 5.69 Å². The molecule has 0 heterocycles. The van der Waals surface area contributed by atoms with Gasteiger partial charge in [0, 0.05) is 32.8 Å². The molecule has 132 valence electrons. The van der Waals surface area contributed by atoms with Gasteiger partial charge in [-0.25, -0.2) is 0 Å². The lowest BCUT2D eigenvalue weighted by molar-refractivity contribution is 0.102. The van der Waals surface area contributed by atoms with Gasteiger partial charge in [-0.3, -0.25) is 4.79 Å².